The van der Waals surface area contributed by atoms with E-state index in [1.165, 1.54) is 0 Å². The first-order chi connectivity index (χ1) is 8.36. The SMILES string of the molecule is NCC1(Nc2ccc(C(F)(F)F)cc2F)CCC1. The summed E-state index contributed by atoms with van der Waals surface area (Å²) in [7, 11) is 0. The van der Waals surface area contributed by atoms with Crippen molar-refractivity contribution in [3.63, 3.8) is 0 Å². The van der Waals surface area contributed by atoms with Gasteiger partial charge in [0, 0.05) is 12.1 Å². The van der Waals surface area contributed by atoms with Crippen LogP contribution in [0.4, 0.5) is 23.2 Å². The summed E-state index contributed by atoms with van der Waals surface area (Å²) in [6, 6.07) is 2.49. The number of nitrogens with one attached hydrogen (secondary N) is 1. The van der Waals surface area contributed by atoms with Crippen LogP contribution in [0.15, 0.2) is 18.2 Å². The molecule has 0 aliphatic heterocycles. The Bertz CT molecular complexity index is 433. The van der Waals surface area contributed by atoms with Gasteiger partial charge in [-0.3, -0.25) is 0 Å². The molecule has 0 aromatic heterocycles. The number of rotatable bonds is 3. The average molecular weight is 262 g/mol. The van der Waals surface area contributed by atoms with E-state index < -0.39 is 17.6 Å². The molecule has 0 spiro atoms. The number of benzene rings is 1. The monoisotopic (exact) mass is 262 g/mol. The smallest absolute Gasteiger partial charge is 0.376 e. The Hall–Kier alpha value is -1.30. The van der Waals surface area contributed by atoms with E-state index in [1.807, 2.05) is 0 Å². The third-order valence-corrected chi connectivity index (χ3v) is 3.40. The molecule has 3 N–H and O–H groups in total. The van der Waals surface area contributed by atoms with E-state index >= 15 is 0 Å². The van der Waals surface area contributed by atoms with Gasteiger partial charge in [-0.15, -0.1) is 0 Å². The van der Waals surface area contributed by atoms with Crippen molar-refractivity contribution in [2.45, 2.75) is 31.0 Å². The van der Waals surface area contributed by atoms with Crippen LogP contribution in [-0.2, 0) is 6.18 Å². The van der Waals surface area contributed by atoms with Crippen LogP contribution in [0.25, 0.3) is 0 Å². The van der Waals surface area contributed by atoms with E-state index in [1.54, 1.807) is 0 Å². The zero-order chi connectivity index (χ0) is 13.4. The molecule has 0 amide bonds. The summed E-state index contributed by atoms with van der Waals surface area (Å²) in [6.45, 7) is 0.341. The van der Waals surface area contributed by atoms with Crippen molar-refractivity contribution >= 4 is 5.69 Å². The molecule has 1 aromatic rings. The highest BCUT2D eigenvalue weighted by Crippen LogP contribution is 2.36. The van der Waals surface area contributed by atoms with Gasteiger partial charge in [0.1, 0.15) is 5.82 Å². The fraction of sp³-hybridized carbons (Fsp3) is 0.500. The fourth-order valence-corrected chi connectivity index (χ4v) is 2.06. The van der Waals surface area contributed by atoms with Gasteiger partial charge in [0.25, 0.3) is 0 Å². The summed E-state index contributed by atoms with van der Waals surface area (Å²) in [5.41, 5.74) is 4.33. The van der Waals surface area contributed by atoms with Crippen molar-refractivity contribution in [1.29, 1.82) is 0 Å². The summed E-state index contributed by atoms with van der Waals surface area (Å²) in [6.07, 6.45) is -1.91. The van der Waals surface area contributed by atoms with E-state index in [2.05, 4.69) is 5.32 Å². The van der Waals surface area contributed by atoms with Crippen LogP contribution in [0.1, 0.15) is 24.8 Å². The molecular weight excluding hydrogens is 248 g/mol. The minimum absolute atomic E-state index is 0.0770. The highest BCUT2D eigenvalue weighted by atomic mass is 19.4. The molecule has 1 aliphatic rings. The number of anilines is 1. The third kappa shape index (κ3) is 2.43. The van der Waals surface area contributed by atoms with Crippen molar-refractivity contribution < 1.29 is 17.6 Å². The van der Waals surface area contributed by atoms with Crippen molar-refractivity contribution in [2.75, 3.05) is 11.9 Å². The van der Waals surface area contributed by atoms with Crippen LogP contribution >= 0.6 is 0 Å². The standard InChI is InChI=1S/C12H14F4N2/c13-9-6-8(12(14,15)16)2-3-10(9)18-11(7-17)4-1-5-11/h2-3,6,18H,1,4-5,7,17H2. The van der Waals surface area contributed by atoms with Gasteiger partial charge < -0.3 is 11.1 Å². The van der Waals surface area contributed by atoms with E-state index in [4.69, 9.17) is 5.73 Å². The Morgan fingerprint density at radius 2 is 1.94 bits per heavy atom. The van der Waals surface area contributed by atoms with Crippen LogP contribution in [0.5, 0.6) is 0 Å². The minimum atomic E-state index is -4.53. The molecule has 0 unspecified atom stereocenters. The average Bonchev–Trinajstić information content (AvgIpc) is 2.24. The van der Waals surface area contributed by atoms with Gasteiger partial charge in [0.15, 0.2) is 0 Å². The first-order valence-corrected chi connectivity index (χ1v) is 5.71. The van der Waals surface area contributed by atoms with Crippen LogP contribution in [-0.4, -0.2) is 12.1 Å². The molecule has 18 heavy (non-hydrogen) atoms. The van der Waals surface area contributed by atoms with Crippen molar-refractivity contribution in [3.8, 4) is 0 Å². The largest absolute Gasteiger partial charge is 0.416 e. The Morgan fingerprint density at radius 1 is 1.28 bits per heavy atom. The summed E-state index contributed by atoms with van der Waals surface area (Å²) < 4.78 is 50.7. The molecule has 100 valence electrons. The van der Waals surface area contributed by atoms with Gasteiger partial charge >= 0.3 is 6.18 Å². The van der Waals surface area contributed by atoms with Crippen molar-refractivity contribution in [1.82, 2.24) is 0 Å². The molecule has 6 heteroatoms. The number of alkyl halides is 3. The molecule has 0 heterocycles. The van der Waals surface area contributed by atoms with Crippen molar-refractivity contribution in [2.24, 2.45) is 5.73 Å². The van der Waals surface area contributed by atoms with E-state index in [9.17, 15) is 17.6 Å². The lowest BCUT2D eigenvalue weighted by molar-refractivity contribution is -0.137. The van der Waals surface area contributed by atoms with Crippen LogP contribution in [0.2, 0.25) is 0 Å². The molecular formula is C12H14F4N2. The highest BCUT2D eigenvalue weighted by molar-refractivity contribution is 5.49. The predicted molar refractivity (Wildman–Crippen MR) is 60.7 cm³/mol. The molecule has 0 bridgehead atoms. The lowest BCUT2D eigenvalue weighted by Crippen LogP contribution is -2.51. The fourth-order valence-electron chi connectivity index (χ4n) is 2.06. The lowest BCUT2D eigenvalue weighted by atomic mass is 9.76. The minimum Gasteiger partial charge on any atom is -0.376 e. The first-order valence-electron chi connectivity index (χ1n) is 5.71. The number of nitrogens with two attached hydrogens (primary N) is 1. The molecule has 2 nitrogen and oxygen atoms in total. The summed E-state index contributed by atoms with van der Waals surface area (Å²) >= 11 is 0. The Morgan fingerprint density at radius 3 is 2.33 bits per heavy atom. The van der Waals surface area contributed by atoms with E-state index in [-0.39, 0.29) is 11.2 Å². The third-order valence-electron chi connectivity index (χ3n) is 3.40. The van der Waals surface area contributed by atoms with Gasteiger partial charge in [0.2, 0.25) is 0 Å². The summed E-state index contributed by atoms with van der Waals surface area (Å²) in [5, 5.41) is 2.92. The highest BCUT2D eigenvalue weighted by Gasteiger charge is 2.36. The van der Waals surface area contributed by atoms with Gasteiger partial charge in [-0.2, -0.15) is 13.2 Å². The lowest BCUT2D eigenvalue weighted by Gasteiger charge is -2.42. The van der Waals surface area contributed by atoms with Crippen molar-refractivity contribution in [3.05, 3.63) is 29.6 Å². The number of hydrogen-bond donors (Lipinski definition) is 2. The maximum Gasteiger partial charge on any atom is 0.416 e. The van der Waals surface area contributed by atoms with E-state index in [0.29, 0.717) is 12.6 Å². The Balaban J connectivity index is 2.20. The first kappa shape index (κ1) is 13.1. The zero-order valence-electron chi connectivity index (χ0n) is 9.65. The zero-order valence-corrected chi connectivity index (χ0v) is 9.65. The Kier molecular flexibility index (Phi) is 3.23. The van der Waals surface area contributed by atoms with Crippen LogP contribution in [0.3, 0.4) is 0 Å². The second kappa shape index (κ2) is 4.42. The predicted octanol–water partition coefficient (Wildman–Crippen LogP) is 3.14. The Labute approximate surface area is 102 Å². The molecule has 1 aromatic carbocycles. The quantitative estimate of drug-likeness (QED) is 0.821. The molecule has 0 radical (unpaired) electrons. The summed E-state index contributed by atoms with van der Waals surface area (Å²) in [5.74, 6) is -0.899. The maximum atomic E-state index is 13.6. The molecule has 1 fully saturated rings. The molecule has 0 saturated heterocycles. The van der Waals surface area contributed by atoms with Crippen LogP contribution in [0, 0.1) is 5.82 Å². The maximum absolute atomic E-state index is 13.6. The van der Waals surface area contributed by atoms with Gasteiger partial charge in [-0.05, 0) is 37.5 Å². The second-order valence-corrected chi connectivity index (χ2v) is 4.66. The molecule has 0 atom stereocenters. The second-order valence-electron chi connectivity index (χ2n) is 4.66. The molecule has 1 aliphatic carbocycles. The van der Waals surface area contributed by atoms with Gasteiger partial charge in [-0.1, -0.05) is 0 Å². The topological polar surface area (TPSA) is 38.0 Å². The summed E-state index contributed by atoms with van der Waals surface area (Å²) in [4.78, 5) is 0. The molecule has 1 saturated carbocycles. The normalized spacial score (nSPS) is 18.3. The van der Waals surface area contributed by atoms with Gasteiger partial charge in [-0.25, -0.2) is 4.39 Å². The number of hydrogen-bond acceptors (Lipinski definition) is 2. The van der Waals surface area contributed by atoms with Crippen LogP contribution < -0.4 is 11.1 Å². The van der Waals surface area contributed by atoms with E-state index in [0.717, 1.165) is 31.4 Å². The molecule has 2 rings (SSSR count). The van der Waals surface area contributed by atoms with Gasteiger partial charge in [0.05, 0.1) is 11.3 Å². The number of halogens is 4.